The van der Waals surface area contributed by atoms with Crippen LogP contribution in [0, 0.1) is 6.92 Å². The molecule has 0 spiro atoms. The quantitative estimate of drug-likeness (QED) is 0.780. The van der Waals surface area contributed by atoms with E-state index in [0.29, 0.717) is 28.5 Å². The minimum atomic E-state index is -4.74. The Morgan fingerprint density at radius 3 is 2.35 bits per heavy atom. The maximum atomic E-state index is 12.4. The molecule has 0 unspecified atom stereocenters. The molecule has 2 rings (SSSR count). The second-order valence-electron chi connectivity index (χ2n) is 4.24. The molecule has 0 atom stereocenters. The summed E-state index contributed by atoms with van der Waals surface area (Å²) in [4.78, 5) is 10.7. The Morgan fingerprint density at radius 2 is 1.75 bits per heavy atom. The molecule has 0 amide bonds. The summed E-state index contributed by atoms with van der Waals surface area (Å²) in [6.07, 6.45) is -4.05. The molecule has 2 aromatic rings. The fourth-order valence-corrected chi connectivity index (χ4v) is 1.97. The van der Waals surface area contributed by atoms with E-state index in [2.05, 4.69) is 4.74 Å². The van der Waals surface area contributed by atoms with E-state index >= 15 is 0 Å². The number of carbonyl (C=O) groups excluding carboxylic acids is 1. The molecule has 2 aromatic carbocycles. The lowest BCUT2D eigenvalue weighted by molar-refractivity contribution is -0.274. The average molecular weight is 280 g/mol. The number of aryl methyl sites for hydroxylation is 1. The van der Waals surface area contributed by atoms with Gasteiger partial charge >= 0.3 is 6.36 Å². The van der Waals surface area contributed by atoms with Crippen LogP contribution in [0.2, 0.25) is 0 Å². The van der Waals surface area contributed by atoms with Gasteiger partial charge in [0.2, 0.25) is 0 Å². The van der Waals surface area contributed by atoms with Crippen molar-refractivity contribution in [2.24, 2.45) is 0 Å². The van der Waals surface area contributed by atoms with Gasteiger partial charge in [0.25, 0.3) is 0 Å². The molecule has 0 radical (unpaired) electrons. The molecular weight excluding hydrogens is 269 g/mol. The number of para-hydroxylation sites is 1. The second kappa shape index (κ2) is 5.36. The first kappa shape index (κ1) is 14.1. The van der Waals surface area contributed by atoms with Crippen molar-refractivity contribution in [1.29, 1.82) is 0 Å². The highest BCUT2D eigenvalue weighted by atomic mass is 19.4. The van der Waals surface area contributed by atoms with Crippen LogP contribution in [-0.2, 0) is 0 Å². The van der Waals surface area contributed by atoms with Gasteiger partial charge in [0.1, 0.15) is 12.0 Å². The maximum Gasteiger partial charge on any atom is 0.573 e. The van der Waals surface area contributed by atoms with Crippen LogP contribution in [0.4, 0.5) is 13.2 Å². The first-order chi connectivity index (χ1) is 9.40. The molecule has 0 bridgehead atoms. The van der Waals surface area contributed by atoms with Crippen LogP contribution in [0.15, 0.2) is 42.5 Å². The zero-order chi connectivity index (χ0) is 14.8. The van der Waals surface area contributed by atoms with Crippen LogP contribution in [0.3, 0.4) is 0 Å². The highest BCUT2D eigenvalue weighted by Crippen LogP contribution is 2.35. The summed E-state index contributed by atoms with van der Waals surface area (Å²) in [6.45, 7) is 1.73. The van der Waals surface area contributed by atoms with E-state index < -0.39 is 6.36 Å². The van der Waals surface area contributed by atoms with Crippen LogP contribution in [0.5, 0.6) is 5.75 Å². The third kappa shape index (κ3) is 3.17. The predicted molar refractivity (Wildman–Crippen MR) is 68.7 cm³/mol. The number of hydrogen-bond donors (Lipinski definition) is 0. The Morgan fingerprint density at radius 1 is 1.05 bits per heavy atom. The molecule has 0 fully saturated rings. The molecule has 0 aliphatic carbocycles. The molecule has 20 heavy (non-hydrogen) atoms. The van der Waals surface area contributed by atoms with Crippen molar-refractivity contribution in [1.82, 2.24) is 0 Å². The Labute approximate surface area is 113 Å². The summed E-state index contributed by atoms with van der Waals surface area (Å²) in [6, 6.07) is 10.7. The van der Waals surface area contributed by atoms with Gasteiger partial charge in [-0.25, -0.2) is 0 Å². The summed E-state index contributed by atoms with van der Waals surface area (Å²) in [5.74, 6) is -0.262. The SMILES string of the molecule is Cc1cc(C=O)ccc1-c1ccccc1OC(F)(F)F. The molecule has 0 aliphatic rings. The molecule has 5 heteroatoms. The summed E-state index contributed by atoms with van der Waals surface area (Å²) in [7, 11) is 0. The van der Waals surface area contributed by atoms with E-state index in [1.54, 1.807) is 37.3 Å². The molecule has 0 heterocycles. The number of ether oxygens (including phenoxy) is 1. The molecule has 0 saturated carbocycles. The van der Waals surface area contributed by atoms with Crippen molar-refractivity contribution in [2.75, 3.05) is 0 Å². The van der Waals surface area contributed by atoms with E-state index in [1.807, 2.05) is 0 Å². The fraction of sp³-hybridized carbons (Fsp3) is 0.133. The van der Waals surface area contributed by atoms with Gasteiger partial charge < -0.3 is 4.74 Å². The van der Waals surface area contributed by atoms with Gasteiger partial charge in [-0.2, -0.15) is 0 Å². The van der Waals surface area contributed by atoms with Crippen LogP contribution >= 0.6 is 0 Å². The van der Waals surface area contributed by atoms with Gasteiger partial charge in [0.05, 0.1) is 0 Å². The monoisotopic (exact) mass is 280 g/mol. The summed E-state index contributed by atoms with van der Waals surface area (Å²) >= 11 is 0. The third-order valence-electron chi connectivity index (χ3n) is 2.79. The van der Waals surface area contributed by atoms with Gasteiger partial charge in [-0.1, -0.05) is 30.3 Å². The van der Waals surface area contributed by atoms with E-state index in [0.717, 1.165) is 0 Å². The molecule has 2 nitrogen and oxygen atoms in total. The van der Waals surface area contributed by atoms with Crippen LogP contribution in [0.25, 0.3) is 11.1 Å². The number of carbonyl (C=O) groups is 1. The number of alkyl halides is 3. The largest absolute Gasteiger partial charge is 0.573 e. The van der Waals surface area contributed by atoms with Crippen molar-refractivity contribution in [2.45, 2.75) is 13.3 Å². The zero-order valence-corrected chi connectivity index (χ0v) is 10.6. The highest BCUT2D eigenvalue weighted by molar-refractivity contribution is 5.80. The lowest BCUT2D eigenvalue weighted by Gasteiger charge is -2.14. The summed E-state index contributed by atoms with van der Waals surface area (Å²) < 4.78 is 41.2. The van der Waals surface area contributed by atoms with E-state index in [9.17, 15) is 18.0 Å². The molecule has 0 N–H and O–H groups in total. The number of rotatable bonds is 3. The Hall–Kier alpha value is -2.30. The van der Waals surface area contributed by atoms with Gasteiger partial charge in [-0.05, 0) is 30.2 Å². The second-order valence-corrected chi connectivity index (χ2v) is 4.24. The van der Waals surface area contributed by atoms with Gasteiger partial charge in [-0.3, -0.25) is 4.79 Å². The fourth-order valence-electron chi connectivity index (χ4n) is 1.97. The smallest absolute Gasteiger partial charge is 0.405 e. The maximum absolute atomic E-state index is 12.4. The van der Waals surface area contributed by atoms with Crippen LogP contribution in [-0.4, -0.2) is 12.6 Å². The molecule has 0 saturated heterocycles. The number of benzene rings is 2. The number of hydrogen-bond acceptors (Lipinski definition) is 2. The van der Waals surface area contributed by atoms with Crippen molar-refractivity contribution in [3.8, 4) is 16.9 Å². The van der Waals surface area contributed by atoms with Crippen molar-refractivity contribution in [3.05, 3.63) is 53.6 Å². The first-order valence-electron chi connectivity index (χ1n) is 5.81. The Balaban J connectivity index is 2.50. The molecular formula is C15H11F3O2. The van der Waals surface area contributed by atoms with Crippen molar-refractivity contribution >= 4 is 6.29 Å². The topological polar surface area (TPSA) is 26.3 Å². The number of halogens is 3. The van der Waals surface area contributed by atoms with Crippen LogP contribution < -0.4 is 4.74 Å². The first-order valence-corrected chi connectivity index (χ1v) is 5.81. The average Bonchev–Trinajstić information content (AvgIpc) is 2.38. The minimum Gasteiger partial charge on any atom is -0.405 e. The van der Waals surface area contributed by atoms with Gasteiger partial charge in [-0.15, -0.1) is 13.2 Å². The number of aldehydes is 1. The van der Waals surface area contributed by atoms with Crippen molar-refractivity contribution in [3.63, 3.8) is 0 Å². The van der Waals surface area contributed by atoms with E-state index in [1.165, 1.54) is 12.1 Å². The molecule has 0 aromatic heterocycles. The summed E-state index contributed by atoms with van der Waals surface area (Å²) in [5, 5.41) is 0. The summed E-state index contributed by atoms with van der Waals surface area (Å²) in [5.41, 5.74) is 2.10. The zero-order valence-electron chi connectivity index (χ0n) is 10.6. The highest BCUT2D eigenvalue weighted by Gasteiger charge is 2.32. The molecule has 0 aliphatic heterocycles. The third-order valence-corrected chi connectivity index (χ3v) is 2.79. The Bertz CT molecular complexity index is 633. The van der Waals surface area contributed by atoms with E-state index in [4.69, 9.17) is 0 Å². The van der Waals surface area contributed by atoms with Gasteiger partial charge in [0, 0.05) is 11.1 Å². The van der Waals surface area contributed by atoms with E-state index in [-0.39, 0.29) is 5.75 Å². The molecule has 104 valence electrons. The van der Waals surface area contributed by atoms with Gasteiger partial charge in [0.15, 0.2) is 0 Å². The van der Waals surface area contributed by atoms with Crippen molar-refractivity contribution < 1.29 is 22.7 Å². The van der Waals surface area contributed by atoms with Crippen LogP contribution in [0.1, 0.15) is 15.9 Å². The minimum absolute atomic E-state index is 0.262. The standard InChI is InChI=1S/C15H11F3O2/c1-10-8-11(9-19)6-7-12(10)13-4-2-3-5-14(13)20-15(16,17)18/h2-9H,1H3. The predicted octanol–water partition coefficient (Wildman–Crippen LogP) is 4.37. The Kier molecular flexibility index (Phi) is 3.79. The lowest BCUT2D eigenvalue weighted by atomic mass is 9.98. The normalized spacial score (nSPS) is 11.2. The lowest BCUT2D eigenvalue weighted by Crippen LogP contribution is -2.17.